The summed E-state index contributed by atoms with van der Waals surface area (Å²) in [6.07, 6.45) is 5.53. The van der Waals surface area contributed by atoms with E-state index in [0.29, 0.717) is 15.9 Å². The van der Waals surface area contributed by atoms with Gasteiger partial charge in [0.25, 0.3) is 5.91 Å². The number of allylic oxidation sites excluding steroid dienone is 1. The summed E-state index contributed by atoms with van der Waals surface area (Å²) in [6, 6.07) is 5.82. The van der Waals surface area contributed by atoms with Gasteiger partial charge in [-0.1, -0.05) is 17.7 Å². The molecule has 3 rings (SSSR count). The molecule has 0 radical (unpaired) electrons. The van der Waals surface area contributed by atoms with Crippen molar-refractivity contribution in [3.05, 3.63) is 50.5 Å². The monoisotopic (exact) mass is 352 g/mol. The normalized spacial score (nSPS) is 18.4. The minimum absolute atomic E-state index is 0.129. The van der Waals surface area contributed by atoms with Gasteiger partial charge in [0.15, 0.2) is 0 Å². The lowest BCUT2D eigenvalue weighted by Crippen LogP contribution is -2.24. The molecule has 4 nitrogen and oxygen atoms in total. The summed E-state index contributed by atoms with van der Waals surface area (Å²) in [4.78, 5) is 13.6. The molecule has 1 aliphatic rings. The van der Waals surface area contributed by atoms with E-state index in [4.69, 9.17) is 16.3 Å². The molecule has 0 fully saturated rings. The average Bonchev–Trinajstić information content (AvgIpc) is 3.25. The van der Waals surface area contributed by atoms with Crippen molar-refractivity contribution in [1.82, 2.24) is 9.78 Å². The Hall–Kier alpha value is -1.50. The molecule has 0 N–H and O–H groups in total. The minimum atomic E-state index is -0.378. The first-order chi connectivity index (χ1) is 10.7. The highest BCUT2D eigenvalue weighted by atomic mass is 35.5. The van der Waals surface area contributed by atoms with E-state index < -0.39 is 0 Å². The topological polar surface area (TPSA) is 44.1 Å². The van der Waals surface area contributed by atoms with Crippen molar-refractivity contribution in [1.29, 1.82) is 0 Å². The van der Waals surface area contributed by atoms with Gasteiger partial charge < -0.3 is 4.74 Å². The summed E-state index contributed by atoms with van der Waals surface area (Å²) in [5, 5.41) is 6.32. The molecule has 0 saturated carbocycles. The lowest BCUT2D eigenvalue weighted by Gasteiger charge is -2.11. The van der Waals surface area contributed by atoms with Crippen LogP contribution in [0.5, 0.6) is 0 Å². The number of nitrogens with zero attached hydrogens (tertiary/aromatic N) is 2. The van der Waals surface area contributed by atoms with Crippen LogP contribution < -0.4 is 0 Å². The number of hydrogen-bond acceptors (Lipinski definition) is 5. The first-order valence-electron chi connectivity index (χ1n) is 6.57. The van der Waals surface area contributed by atoms with Crippen LogP contribution in [0.2, 0.25) is 0 Å². The Morgan fingerprint density at radius 2 is 2.36 bits per heavy atom. The van der Waals surface area contributed by atoms with Crippen LogP contribution in [0.4, 0.5) is 0 Å². The maximum atomic E-state index is 12.5. The van der Waals surface area contributed by atoms with Gasteiger partial charge in [0.05, 0.1) is 12.8 Å². The van der Waals surface area contributed by atoms with E-state index in [2.05, 4.69) is 5.10 Å². The third kappa shape index (κ3) is 3.14. The zero-order valence-electron chi connectivity index (χ0n) is 11.7. The Morgan fingerprint density at radius 1 is 1.50 bits per heavy atom. The molecule has 1 atom stereocenters. The lowest BCUT2D eigenvalue weighted by molar-refractivity contribution is 0.0814. The molecule has 1 unspecified atom stereocenters. The van der Waals surface area contributed by atoms with Crippen LogP contribution in [-0.4, -0.2) is 28.6 Å². The van der Waals surface area contributed by atoms with Crippen molar-refractivity contribution in [2.45, 2.75) is 0 Å². The van der Waals surface area contributed by atoms with E-state index >= 15 is 0 Å². The summed E-state index contributed by atoms with van der Waals surface area (Å²) >= 11 is 9.11. The van der Waals surface area contributed by atoms with Crippen molar-refractivity contribution in [2.24, 2.45) is 5.92 Å². The Bertz CT molecular complexity index is 735. The molecule has 0 aromatic carbocycles. The second-order valence-corrected chi connectivity index (χ2v) is 7.19. The molecule has 0 saturated heterocycles. The Morgan fingerprint density at radius 3 is 3.09 bits per heavy atom. The van der Waals surface area contributed by atoms with Gasteiger partial charge in [-0.25, -0.2) is 4.68 Å². The predicted molar refractivity (Wildman–Crippen MR) is 91.9 cm³/mol. The number of carbonyl (C=O) groups is 1. The molecule has 114 valence electrons. The molecule has 0 aliphatic carbocycles. The van der Waals surface area contributed by atoms with E-state index in [0.717, 1.165) is 10.6 Å². The molecule has 0 amide bonds. The van der Waals surface area contributed by atoms with E-state index in [1.807, 2.05) is 35.7 Å². The second-order valence-electron chi connectivity index (χ2n) is 4.58. The standard InChI is InChI=1S/C15H13ClN2O2S2/c1-20-13-12(9-22-14(13)16)15(19)18-7-6-10(17-18)4-5-11-3-2-8-21-11/h2-8,12H,9H2,1H3/b5-4+. The Kier molecular flexibility index (Phi) is 4.71. The summed E-state index contributed by atoms with van der Waals surface area (Å²) < 4.78 is 7.14. The van der Waals surface area contributed by atoms with Crippen LogP contribution >= 0.6 is 34.7 Å². The van der Waals surface area contributed by atoms with Gasteiger partial charge in [-0.05, 0) is 29.7 Å². The number of rotatable bonds is 4. The molecule has 2 aromatic heterocycles. The summed E-state index contributed by atoms with van der Waals surface area (Å²) in [5.41, 5.74) is 0.737. The number of hydrogen-bond donors (Lipinski definition) is 0. The van der Waals surface area contributed by atoms with Crippen molar-refractivity contribution in [3.8, 4) is 0 Å². The molecule has 3 heterocycles. The van der Waals surface area contributed by atoms with E-state index in [1.54, 1.807) is 17.5 Å². The van der Waals surface area contributed by atoms with Gasteiger partial charge in [-0.2, -0.15) is 5.10 Å². The number of thiophene rings is 1. The number of thioether (sulfide) groups is 1. The number of aromatic nitrogens is 2. The molecule has 0 bridgehead atoms. The fourth-order valence-electron chi connectivity index (χ4n) is 2.11. The van der Waals surface area contributed by atoms with Crippen LogP contribution in [0.3, 0.4) is 0 Å². The molecule has 22 heavy (non-hydrogen) atoms. The quantitative estimate of drug-likeness (QED) is 0.828. The second kappa shape index (κ2) is 6.73. The SMILES string of the molecule is COC1=C(Cl)SCC1C(=O)n1ccc(/C=C/c2cccs2)n1. The first kappa shape index (κ1) is 15.4. The zero-order valence-corrected chi connectivity index (χ0v) is 14.1. The maximum Gasteiger partial charge on any atom is 0.258 e. The lowest BCUT2D eigenvalue weighted by atomic mass is 10.1. The molecule has 1 aliphatic heterocycles. The average molecular weight is 353 g/mol. The summed E-state index contributed by atoms with van der Waals surface area (Å²) in [6.45, 7) is 0. The largest absolute Gasteiger partial charge is 0.498 e. The van der Waals surface area contributed by atoms with Gasteiger partial charge in [-0.15, -0.1) is 23.1 Å². The van der Waals surface area contributed by atoms with Gasteiger partial charge in [-0.3, -0.25) is 4.79 Å². The zero-order chi connectivity index (χ0) is 15.5. The van der Waals surface area contributed by atoms with E-state index in [9.17, 15) is 4.79 Å². The first-order valence-corrected chi connectivity index (χ1v) is 8.81. The maximum absolute atomic E-state index is 12.5. The van der Waals surface area contributed by atoms with Crippen molar-refractivity contribution >= 4 is 52.8 Å². The van der Waals surface area contributed by atoms with E-state index in [-0.39, 0.29) is 11.8 Å². The van der Waals surface area contributed by atoms with Crippen molar-refractivity contribution < 1.29 is 9.53 Å². The van der Waals surface area contributed by atoms with Gasteiger partial charge in [0.1, 0.15) is 16.0 Å². The van der Waals surface area contributed by atoms with Crippen LogP contribution in [0.1, 0.15) is 15.4 Å². The predicted octanol–water partition coefficient (Wildman–Crippen LogP) is 4.17. The third-order valence-electron chi connectivity index (χ3n) is 3.20. The van der Waals surface area contributed by atoms with Crippen LogP contribution in [-0.2, 0) is 4.74 Å². The van der Waals surface area contributed by atoms with Gasteiger partial charge in [0.2, 0.25) is 0 Å². The molecular weight excluding hydrogens is 340 g/mol. The van der Waals surface area contributed by atoms with Crippen molar-refractivity contribution in [2.75, 3.05) is 12.9 Å². The highest BCUT2D eigenvalue weighted by molar-refractivity contribution is 8.04. The highest BCUT2D eigenvalue weighted by Gasteiger charge is 2.33. The van der Waals surface area contributed by atoms with Crippen LogP contribution in [0.15, 0.2) is 39.9 Å². The fourth-order valence-corrected chi connectivity index (χ4v) is 4.10. The number of methoxy groups -OCH3 is 1. The number of ether oxygens (including phenoxy) is 1. The summed E-state index contributed by atoms with van der Waals surface area (Å²) in [7, 11) is 1.53. The Labute approximate surface area is 141 Å². The number of halogens is 1. The highest BCUT2D eigenvalue weighted by Crippen LogP contribution is 2.39. The van der Waals surface area contributed by atoms with Crippen LogP contribution in [0.25, 0.3) is 12.2 Å². The third-order valence-corrected chi connectivity index (χ3v) is 5.51. The number of carbonyl (C=O) groups excluding carboxylic acids is 1. The molecule has 7 heteroatoms. The smallest absolute Gasteiger partial charge is 0.258 e. The van der Waals surface area contributed by atoms with Gasteiger partial charge >= 0.3 is 0 Å². The molecular formula is C15H13ClN2O2S2. The van der Waals surface area contributed by atoms with Gasteiger partial charge in [0, 0.05) is 16.8 Å². The Balaban J connectivity index is 1.75. The minimum Gasteiger partial charge on any atom is -0.498 e. The van der Waals surface area contributed by atoms with Crippen LogP contribution in [0, 0.1) is 5.92 Å². The van der Waals surface area contributed by atoms with Crippen molar-refractivity contribution in [3.63, 3.8) is 0 Å². The molecule has 0 spiro atoms. The van der Waals surface area contributed by atoms with E-state index in [1.165, 1.54) is 23.6 Å². The summed E-state index contributed by atoms with van der Waals surface area (Å²) in [5.74, 6) is 0.608. The fraction of sp³-hybridized carbons (Fsp3) is 0.200. The molecule has 2 aromatic rings.